The van der Waals surface area contributed by atoms with Crippen molar-refractivity contribution >= 4 is 31.5 Å². The molecule has 0 saturated carbocycles. The second kappa shape index (κ2) is 5.50. The zero-order valence-corrected chi connectivity index (χ0v) is 13.8. The number of ether oxygens (including phenoxy) is 1. The van der Waals surface area contributed by atoms with E-state index in [1.165, 1.54) is 11.0 Å². The second-order valence-electron chi connectivity index (χ2n) is 5.93. The lowest BCUT2D eigenvalue weighted by atomic mass is 10.0. The summed E-state index contributed by atoms with van der Waals surface area (Å²) < 4.78 is 28.6. The molecule has 0 aliphatic carbocycles. The second-order valence-corrected chi connectivity index (χ2v) is 8.46. The molecule has 21 heavy (non-hydrogen) atoms. The zero-order valence-electron chi connectivity index (χ0n) is 12.2. The highest BCUT2D eigenvalue weighted by Crippen LogP contribution is 2.34. The summed E-state index contributed by atoms with van der Waals surface area (Å²) in [5, 5.41) is 0. The van der Waals surface area contributed by atoms with Crippen LogP contribution in [0.25, 0.3) is 0 Å². The fraction of sp³-hybridized carbons (Fsp3) is 0.500. The van der Waals surface area contributed by atoms with Crippen molar-refractivity contribution < 1.29 is 17.9 Å². The minimum atomic E-state index is -3.84. The number of nitrogens with zero attached hydrogens (tertiary/aromatic N) is 1. The molecule has 0 spiro atoms. The molecule has 1 heterocycles. The minimum absolute atomic E-state index is 0.0647. The molecule has 0 atom stereocenters. The first-order valence-electron chi connectivity index (χ1n) is 6.67. The van der Waals surface area contributed by atoms with Crippen LogP contribution in [0.1, 0.15) is 32.8 Å². The Morgan fingerprint density at radius 2 is 2.00 bits per heavy atom. The number of rotatable bonds is 1. The summed E-state index contributed by atoms with van der Waals surface area (Å²) >= 11 is 0. The molecule has 0 N–H and O–H groups in total. The van der Waals surface area contributed by atoms with Crippen molar-refractivity contribution in [3.63, 3.8) is 0 Å². The molecule has 1 aliphatic heterocycles. The topological polar surface area (TPSA) is 63.7 Å². The largest absolute Gasteiger partial charge is 0.443 e. The van der Waals surface area contributed by atoms with Crippen LogP contribution in [0.2, 0.25) is 0 Å². The van der Waals surface area contributed by atoms with Gasteiger partial charge in [-0.05, 0) is 51.3 Å². The quantitative estimate of drug-likeness (QED) is 0.741. The smallest absolute Gasteiger partial charge is 0.414 e. The lowest BCUT2D eigenvalue weighted by Crippen LogP contribution is -2.40. The van der Waals surface area contributed by atoms with Crippen LogP contribution in [0.5, 0.6) is 0 Å². The van der Waals surface area contributed by atoms with Gasteiger partial charge in [-0.2, -0.15) is 0 Å². The highest BCUT2D eigenvalue weighted by atomic mass is 35.7. The van der Waals surface area contributed by atoms with Gasteiger partial charge < -0.3 is 4.74 Å². The molecule has 0 saturated heterocycles. The average Bonchev–Trinajstić information content (AvgIpc) is 2.34. The Labute approximate surface area is 129 Å². The lowest BCUT2D eigenvalue weighted by molar-refractivity contribution is 0.0577. The van der Waals surface area contributed by atoms with Gasteiger partial charge >= 0.3 is 6.09 Å². The van der Waals surface area contributed by atoms with Crippen molar-refractivity contribution in [2.45, 2.75) is 44.1 Å². The summed E-state index contributed by atoms with van der Waals surface area (Å²) in [7, 11) is 1.63. The number of benzene rings is 1. The summed E-state index contributed by atoms with van der Waals surface area (Å²) in [4.78, 5) is 13.8. The maximum Gasteiger partial charge on any atom is 0.414 e. The highest BCUT2D eigenvalue weighted by molar-refractivity contribution is 8.13. The Balaban J connectivity index is 2.43. The molecule has 1 amide bonds. The fourth-order valence-electron chi connectivity index (χ4n) is 2.33. The predicted octanol–water partition coefficient (Wildman–Crippen LogP) is 3.30. The van der Waals surface area contributed by atoms with Gasteiger partial charge in [-0.3, -0.25) is 4.90 Å². The number of anilines is 1. The third-order valence-corrected chi connectivity index (χ3v) is 4.49. The van der Waals surface area contributed by atoms with Gasteiger partial charge in [-0.15, -0.1) is 0 Å². The van der Waals surface area contributed by atoms with Crippen LogP contribution in [0.4, 0.5) is 10.5 Å². The molecule has 5 nitrogen and oxygen atoms in total. The third-order valence-electron chi connectivity index (χ3n) is 3.08. The van der Waals surface area contributed by atoms with Crippen LogP contribution in [0.3, 0.4) is 0 Å². The molecule has 7 heteroatoms. The van der Waals surface area contributed by atoms with Gasteiger partial charge in [0, 0.05) is 17.2 Å². The number of fused-ring (bicyclic) bond motifs is 1. The van der Waals surface area contributed by atoms with Gasteiger partial charge in [-0.25, -0.2) is 13.2 Å². The van der Waals surface area contributed by atoms with Gasteiger partial charge in [0.25, 0.3) is 9.05 Å². The summed E-state index contributed by atoms with van der Waals surface area (Å²) in [6.07, 6.45) is 0.749. The molecule has 0 bridgehead atoms. The van der Waals surface area contributed by atoms with Crippen LogP contribution >= 0.6 is 10.7 Å². The Morgan fingerprint density at radius 3 is 2.57 bits per heavy atom. The maximum atomic E-state index is 12.3. The number of carbonyl (C=O) groups is 1. The average molecular weight is 332 g/mol. The number of amides is 1. The van der Waals surface area contributed by atoms with Crippen LogP contribution in [-0.4, -0.2) is 26.7 Å². The first-order valence-corrected chi connectivity index (χ1v) is 8.97. The van der Waals surface area contributed by atoms with E-state index in [0.717, 1.165) is 0 Å². The monoisotopic (exact) mass is 331 g/mol. The summed E-state index contributed by atoms with van der Waals surface area (Å²) in [6.45, 7) is 5.86. The van der Waals surface area contributed by atoms with Crippen LogP contribution < -0.4 is 4.90 Å². The van der Waals surface area contributed by atoms with E-state index >= 15 is 0 Å². The van der Waals surface area contributed by atoms with Crippen molar-refractivity contribution in [1.82, 2.24) is 0 Å². The molecule has 1 aromatic carbocycles. The van der Waals surface area contributed by atoms with Crippen molar-refractivity contribution in [1.29, 1.82) is 0 Å². The Morgan fingerprint density at radius 1 is 1.33 bits per heavy atom. The molecule has 0 aromatic heterocycles. The number of hydrogen-bond acceptors (Lipinski definition) is 4. The van der Waals surface area contributed by atoms with E-state index in [1.54, 1.807) is 32.9 Å². The highest BCUT2D eigenvalue weighted by Gasteiger charge is 2.30. The van der Waals surface area contributed by atoms with Gasteiger partial charge in [0.1, 0.15) is 5.60 Å². The van der Waals surface area contributed by atoms with Crippen molar-refractivity contribution in [3.05, 3.63) is 23.8 Å². The Hall–Kier alpha value is -1.27. The standard InChI is InChI=1S/C14H18ClNO4S/c1-14(2,3)20-13(17)16-9-5-6-10-11(16)7-4-8-12(10)21(15,18)19/h4,7-8H,5-6,9H2,1-3H3. The van der Waals surface area contributed by atoms with E-state index in [-0.39, 0.29) is 4.90 Å². The molecule has 0 radical (unpaired) electrons. The van der Waals surface area contributed by atoms with Gasteiger partial charge in [-0.1, -0.05) is 6.07 Å². The summed E-state index contributed by atoms with van der Waals surface area (Å²) in [6, 6.07) is 4.75. The first kappa shape index (κ1) is 16.1. The molecule has 116 valence electrons. The molecular formula is C14H18ClNO4S. The molecule has 0 unspecified atom stereocenters. The molecule has 1 aliphatic rings. The van der Waals surface area contributed by atoms with Gasteiger partial charge in [0.05, 0.1) is 10.6 Å². The normalized spacial score (nSPS) is 15.5. The lowest BCUT2D eigenvalue weighted by Gasteiger charge is -2.32. The van der Waals surface area contributed by atoms with Gasteiger partial charge in [0.15, 0.2) is 0 Å². The number of hydrogen-bond donors (Lipinski definition) is 0. The van der Waals surface area contributed by atoms with E-state index < -0.39 is 20.7 Å². The Kier molecular flexibility index (Phi) is 4.22. The third kappa shape index (κ3) is 3.68. The first-order chi connectivity index (χ1) is 9.59. The summed E-state index contributed by atoms with van der Waals surface area (Å²) in [5.74, 6) is 0. The number of carbonyl (C=O) groups excluding carboxylic acids is 1. The predicted molar refractivity (Wildman–Crippen MR) is 81.4 cm³/mol. The maximum absolute atomic E-state index is 12.3. The Bertz CT molecular complexity index is 664. The molecule has 1 aromatic rings. The van der Waals surface area contributed by atoms with E-state index in [2.05, 4.69) is 0 Å². The van der Waals surface area contributed by atoms with Crippen molar-refractivity contribution in [2.24, 2.45) is 0 Å². The SMILES string of the molecule is CC(C)(C)OC(=O)N1CCCc2c1cccc2S(=O)(=O)Cl. The van der Waals surface area contributed by atoms with Crippen molar-refractivity contribution in [3.8, 4) is 0 Å². The van der Waals surface area contributed by atoms with E-state index in [4.69, 9.17) is 15.4 Å². The minimum Gasteiger partial charge on any atom is -0.443 e. The zero-order chi connectivity index (χ0) is 15.8. The molecular weight excluding hydrogens is 314 g/mol. The number of halogens is 1. The molecule has 2 rings (SSSR count). The van der Waals surface area contributed by atoms with E-state index in [0.29, 0.717) is 30.6 Å². The van der Waals surface area contributed by atoms with E-state index in [1.807, 2.05) is 0 Å². The van der Waals surface area contributed by atoms with Crippen LogP contribution in [0, 0.1) is 0 Å². The summed E-state index contributed by atoms with van der Waals surface area (Å²) in [5.41, 5.74) is 0.520. The van der Waals surface area contributed by atoms with E-state index in [9.17, 15) is 13.2 Å². The van der Waals surface area contributed by atoms with Gasteiger partial charge in [0.2, 0.25) is 0 Å². The fourth-order valence-corrected chi connectivity index (χ4v) is 3.50. The van der Waals surface area contributed by atoms with Crippen molar-refractivity contribution in [2.75, 3.05) is 11.4 Å². The van der Waals surface area contributed by atoms with Crippen LogP contribution in [-0.2, 0) is 20.2 Å². The van der Waals surface area contributed by atoms with Crippen LogP contribution in [0.15, 0.2) is 23.1 Å². The molecule has 0 fully saturated rings.